The number of amides is 1. The fraction of sp³-hybridized carbons (Fsp3) is 0.625. The van der Waals surface area contributed by atoms with E-state index in [2.05, 4.69) is 5.32 Å². The van der Waals surface area contributed by atoms with Crippen LogP contribution in [0.1, 0.15) is 31.8 Å². The number of rotatable bonds is 8. The number of aryl methyl sites for hydroxylation is 1. The van der Waals surface area contributed by atoms with Crippen molar-refractivity contribution in [3.8, 4) is 0 Å². The highest BCUT2D eigenvalue weighted by atomic mass is 16.5. The second-order valence-electron chi connectivity index (χ2n) is 5.96. The van der Waals surface area contributed by atoms with Crippen molar-refractivity contribution in [1.82, 2.24) is 10.2 Å². The summed E-state index contributed by atoms with van der Waals surface area (Å²) >= 11 is 0. The molecule has 0 aliphatic carbocycles. The molecule has 0 aliphatic rings. The number of carbonyl (C=O) groups is 2. The summed E-state index contributed by atoms with van der Waals surface area (Å²) < 4.78 is 10.2. The van der Waals surface area contributed by atoms with Gasteiger partial charge >= 0.3 is 5.97 Å². The maximum Gasteiger partial charge on any atom is 0.328 e. The molecule has 1 amide bonds. The van der Waals surface area contributed by atoms with Crippen molar-refractivity contribution >= 4 is 11.9 Å². The number of carbonyl (C=O) groups excluding carboxylic acids is 2. The molecule has 6 nitrogen and oxygen atoms in total. The quantitative estimate of drug-likeness (QED) is 0.740. The van der Waals surface area contributed by atoms with Gasteiger partial charge in [-0.3, -0.25) is 9.69 Å². The summed E-state index contributed by atoms with van der Waals surface area (Å²) in [5.41, 5.74) is 0. The van der Waals surface area contributed by atoms with Crippen LogP contribution >= 0.6 is 0 Å². The predicted octanol–water partition coefficient (Wildman–Crippen LogP) is 1.72. The number of likely N-dealkylation sites (N-methyl/N-ethyl adjacent to an activating group) is 1. The van der Waals surface area contributed by atoms with Crippen LogP contribution in [-0.2, 0) is 20.9 Å². The highest BCUT2D eigenvalue weighted by Crippen LogP contribution is 2.09. The largest absolute Gasteiger partial charge is 0.467 e. The molecule has 6 heteroatoms. The van der Waals surface area contributed by atoms with Gasteiger partial charge in [0.15, 0.2) is 0 Å². The first-order chi connectivity index (χ1) is 10.3. The van der Waals surface area contributed by atoms with Gasteiger partial charge in [0.2, 0.25) is 5.91 Å². The summed E-state index contributed by atoms with van der Waals surface area (Å²) in [6, 6.07) is 3.18. The maximum atomic E-state index is 12.1. The van der Waals surface area contributed by atoms with Gasteiger partial charge in [0, 0.05) is 0 Å². The first kappa shape index (κ1) is 18.2. The van der Waals surface area contributed by atoms with Crippen LogP contribution < -0.4 is 5.32 Å². The zero-order chi connectivity index (χ0) is 16.7. The van der Waals surface area contributed by atoms with Gasteiger partial charge in [0.25, 0.3) is 0 Å². The average molecular weight is 310 g/mol. The Kier molecular flexibility index (Phi) is 7.11. The Morgan fingerprint density at radius 2 is 2.05 bits per heavy atom. The Balaban J connectivity index is 2.49. The van der Waals surface area contributed by atoms with Gasteiger partial charge in [-0.05, 0) is 38.4 Å². The van der Waals surface area contributed by atoms with Gasteiger partial charge < -0.3 is 14.5 Å². The van der Waals surface area contributed by atoms with Gasteiger partial charge in [-0.15, -0.1) is 0 Å². The molecule has 1 rings (SSSR count). The Bertz CT molecular complexity index is 496. The summed E-state index contributed by atoms with van der Waals surface area (Å²) in [6.45, 7) is 6.59. The molecule has 0 saturated carbocycles. The second kappa shape index (κ2) is 8.58. The fourth-order valence-electron chi connectivity index (χ4n) is 2.20. The van der Waals surface area contributed by atoms with Gasteiger partial charge in [0.05, 0.1) is 20.2 Å². The van der Waals surface area contributed by atoms with Gasteiger partial charge in [-0.25, -0.2) is 4.79 Å². The molecule has 0 bridgehead atoms. The van der Waals surface area contributed by atoms with Crippen LogP contribution in [0.3, 0.4) is 0 Å². The van der Waals surface area contributed by atoms with Crippen molar-refractivity contribution in [3.63, 3.8) is 0 Å². The molecular formula is C16H26N2O4. The van der Waals surface area contributed by atoms with Crippen LogP contribution in [0.25, 0.3) is 0 Å². The summed E-state index contributed by atoms with van der Waals surface area (Å²) in [4.78, 5) is 25.6. The second-order valence-corrected chi connectivity index (χ2v) is 5.96. The minimum Gasteiger partial charge on any atom is -0.467 e. The zero-order valence-corrected chi connectivity index (χ0v) is 14.0. The SMILES string of the molecule is COC(=O)C(CC(C)C)NC(=O)CN(C)Cc1ccc(C)o1. The molecule has 1 aromatic heterocycles. The lowest BCUT2D eigenvalue weighted by atomic mass is 10.0. The third-order valence-corrected chi connectivity index (χ3v) is 3.16. The number of nitrogens with one attached hydrogen (secondary N) is 1. The summed E-state index contributed by atoms with van der Waals surface area (Å²) in [6.07, 6.45) is 0.555. The fourth-order valence-corrected chi connectivity index (χ4v) is 2.20. The number of hydrogen-bond acceptors (Lipinski definition) is 5. The van der Waals surface area contributed by atoms with E-state index in [0.717, 1.165) is 11.5 Å². The molecule has 1 N–H and O–H groups in total. The molecule has 22 heavy (non-hydrogen) atoms. The Morgan fingerprint density at radius 1 is 1.36 bits per heavy atom. The molecule has 1 atom stereocenters. The number of methoxy groups -OCH3 is 1. The number of furan rings is 1. The van der Waals surface area contributed by atoms with Crippen molar-refractivity contribution in [2.24, 2.45) is 5.92 Å². The lowest BCUT2D eigenvalue weighted by Crippen LogP contribution is -2.45. The topological polar surface area (TPSA) is 71.8 Å². The Morgan fingerprint density at radius 3 is 2.55 bits per heavy atom. The molecule has 0 aliphatic heterocycles. The predicted molar refractivity (Wildman–Crippen MR) is 83.2 cm³/mol. The van der Waals surface area contributed by atoms with E-state index in [4.69, 9.17) is 9.15 Å². The van der Waals surface area contributed by atoms with Crippen LogP contribution in [0, 0.1) is 12.8 Å². The first-order valence-corrected chi connectivity index (χ1v) is 7.42. The Hall–Kier alpha value is -1.82. The highest BCUT2D eigenvalue weighted by molar-refractivity contribution is 5.85. The van der Waals surface area contributed by atoms with Crippen molar-refractivity contribution in [1.29, 1.82) is 0 Å². The van der Waals surface area contributed by atoms with E-state index in [-0.39, 0.29) is 18.4 Å². The maximum absolute atomic E-state index is 12.1. The van der Waals surface area contributed by atoms with Crippen LogP contribution in [0.15, 0.2) is 16.5 Å². The monoisotopic (exact) mass is 310 g/mol. The van der Waals surface area contributed by atoms with E-state index in [0.29, 0.717) is 13.0 Å². The molecule has 0 fully saturated rings. The summed E-state index contributed by atoms with van der Waals surface area (Å²) in [5.74, 6) is 1.32. The molecule has 0 spiro atoms. The standard InChI is InChI=1S/C16H26N2O4/c1-11(2)8-14(16(20)21-5)17-15(19)10-18(4)9-13-7-6-12(3)22-13/h6-7,11,14H,8-10H2,1-5H3,(H,17,19). The molecule has 1 heterocycles. The van der Waals surface area contributed by atoms with Gasteiger partial charge in [-0.1, -0.05) is 13.8 Å². The third kappa shape index (κ3) is 6.30. The molecule has 0 saturated heterocycles. The molecule has 0 aromatic carbocycles. The average Bonchev–Trinajstić information content (AvgIpc) is 2.81. The van der Waals surface area contributed by atoms with Crippen LogP contribution in [0.5, 0.6) is 0 Å². The van der Waals surface area contributed by atoms with Crippen molar-refractivity contribution in [2.75, 3.05) is 20.7 Å². The van der Waals surface area contributed by atoms with E-state index < -0.39 is 12.0 Å². The van der Waals surface area contributed by atoms with E-state index in [1.807, 2.05) is 44.9 Å². The zero-order valence-electron chi connectivity index (χ0n) is 14.0. The van der Waals surface area contributed by atoms with Gasteiger partial charge in [-0.2, -0.15) is 0 Å². The van der Waals surface area contributed by atoms with Gasteiger partial charge in [0.1, 0.15) is 17.6 Å². The molecule has 0 radical (unpaired) electrons. The lowest BCUT2D eigenvalue weighted by molar-refractivity contribution is -0.145. The van der Waals surface area contributed by atoms with Crippen molar-refractivity contribution in [2.45, 2.75) is 39.8 Å². The molecular weight excluding hydrogens is 284 g/mol. The smallest absolute Gasteiger partial charge is 0.328 e. The lowest BCUT2D eigenvalue weighted by Gasteiger charge is -2.20. The normalized spacial score (nSPS) is 12.5. The first-order valence-electron chi connectivity index (χ1n) is 7.42. The summed E-state index contributed by atoms with van der Waals surface area (Å²) in [5, 5.41) is 2.74. The van der Waals surface area contributed by atoms with E-state index in [1.165, 1.54) is 7.11 Å². The van der Waals surface area contributed by atoms with Crippen molar-refractivity contribution < 1.29 is 18.7 Å². The summed E-state index contributed by atoms with van der Waals surface area (Å²) in [7, 11) is 3.15. The highest BCUT2D eigenvalue weighted by Gasteiger charge is 2.23. The molecule has 124 valence electrons. The molecule has 1 aromatic rings. The van der Waals surface area contributed by atoms with Crippen LogP contribution in [0.4, 0.5) is 0 Å². The van der Waals surface area contributed by atoms with Crippen LogP contribution in [-0.4, -0.2) is 43.5 Å². The number of hydrogen-bond donors (Lipinski definition) is 1. The minimum atomic E-state index is -0.600. The number of ether oxygens (including phenoxy) is 1. The number of nitrogens with zero attached hydrogens (tertiary/aromatic N) is 1. The molecule has 1 unspecified atom stereocenters. The van der Waals surface area contributed by atoms with E-state index in [1.54, 1.807) is 0 Å². The van der Waals surface area contributed by atoms with Crippen molar-refractivity contribution in [3.05, 3.63) is 23.7 Å². The van der Waals surface area contributed by atoms with Crippen LogP contribution in [0.2, 0.25) is 0 Å². The third-order valence-electron chi connectivity index (χ3n) is 3.16. The Labute approximate surface area is 131 Å². The number of esters is 1. The van der Waals surface area contributed by atoms with E-state index in [9.17, 15) is 9.59 Å². The van der Waals surface area contributed by atoms with E-state index >= 15 is 0 Å². The minimum absolute atomic E-state index is 0.186.